The minimum Gasteiger partial charge on any atom is -0.382 e. The quantitative estimate of drug-likeness (QED) is 0.788. The molecular formula is C13H14N2O3S. The summed E-state index contributed by atoms with van der Waals surface area (Å²) >= 11 is 0. The summed E-state index contributed by atoms with van der Waals surface area (Å²) in [7, 11) is -0.678. The van der Waals surface area contributed by atoms with Crippen LogP contribution in [0.2, 0.25) is 0 Å². The molecule has 2 aliphatic heterocycles. The van der Waals surface area contributed by atoms with E-state index in [4.69, 9.17) is 0 Å². The van der Waals surface area contributed by atoms with E-state index in [1.54, 1.807) is 12.1 Å². The maximum atomic E-state index is 11.6. The van der Waals surface area contributed by atoms with Crippen LogP contribution in [0.1, 0.15) is 33.6 Å². The van der Waals surface area contributed by atoms with Gasteiger partial charge in [-0.05, 0) is 31.0 Å². The third-order valence-electron chi connectivity index (χ3n) is 3.49. The SMILES string of the molecule is O=C1NC(=O)c2cc(NC3CCS(=O)CC3)ccc21. The number of amides is 2. The molecule has 19 heavy (non-hydrogen) atoms. The molecule has 100 valence electrons. The summed E-state index contributed by atoms with van der Waals surface area (Å²) in [6, 6.07) is 5.47. The van der Waals surface area contributed by atoms with Crippen LogP contribution in [-0.2, 0) is 10.8 Å². The number of anilines is 1. The fourth-order valence-electron chi connectivity index (χ4n) is 2.43. The summed E-state index contributed by atoms with van der Waals surface area (Å²) in [4.78, 5) is 23.0. The zero-order valence-corrected chi connectivity index (χ0v) is 11.1. The summed E-state index contributed by atoms with van der Waals surface area (Å²) in [5.41, 5.74) is 1.69. The molecule has 2 heterocycles. The van der Waals surface area contributed by atoms with E-state index in [1.165, 1.54) is 0 Å². The van der Waals surface area contributed by atoms with Gasteiger partial charge in [-0.2, -0.15) is 0 Å². The molecule has 2 amide bonds. The average Bonchev–Trinajstić information content (AvgIpc) is 2.68. The fourth-order valence-corrected chi connectivity index (χ4v) is 3.73. The Hall–Kier alpha value is -1.69. The van der Waals surface area contributed by atoms with Crippen LogP contribution in [0.3, 0.4) is 0 Å². The molecule has 0 aliphatic carbocycles. The summed E-state index contributed by atoms with van der Waals surface area (Å²) in [6.45, 7) is 0. The lowest BCUT2D eigenvalue weighted by Crippen LogP contribution is -2.29. The van der Waals surface area contributed by atoms with E-state index in [2.05, 4.69) is 10.6 Å². The lowest BCUT2D eigenvalue weighted by molar-refractivity contribution is 0.0879. The molecule has 0 spiro atoms. The molecule has 0 aromatic heterocycles. The first kappa shape index (κ1) is 12.3. The second kappa shape index (κ2) is 4.77. The summed E-state index contributed by atoms with van der Waals surface area (Å²) in [5, 5.41) is 5.61. The van der Waals surface area contributed by atoms with Gasteiger partial charge in [-0.1, -0.05) is 0 Å². The Kier molecular flexibility index (Phi) is 3.10. The first-order chi connectivity index (χ1) is 9.13. The van der Waals surface area contributed by atoms with Crippen molar-refractivity contribution in [2.24, 2.45) is 0 Å². The van der Waals surface area contributed by atoms with Crippen LogP contribution in [0.15, 0.2) is 18.2 Å². The number of imide groups is 1. The maximum Gasteiger partial charge on any atom is 0.259 e. The van der Waals surface area contributed by atoms with Crippen LogP contribution in [-0.4, -0.2) is 33.6 Å². The van der Waals surface area contributed by atoms with Gasteiger partial charge in [0.15, 0.2) is 0 Å². The number of hydrogen-bond donors (Lipinski definition) is 2. The van der Waals surface area contributed by atoms with Crippen molar-refractivity contribution in [2.45, 2.75) is 18.9 Å². The van der Waals surface area contributed by atoms with Crippen LogP contribution in [0.5, 0.6) is 0 Å². The Morgan fingerprint density at radius 2 is 1.79 bits per heavy atom. The van der Waals surface area contributed by atoms with Crippen LogP contribution < -0.4 is 10.6 Å². The van der Waals surface area contributed by atoms with E-state index in [9.17, 15) is 13.8 Å². The van der Waals surface area contributed by atoms with Gasteiger partial charge in [-0.25, -0.2) is 0 Å². The van der Waals surface area contributed by atoms with Gasteiger partial charge >= 0.3 is 0 Å². The number of nitrogens with one attached hydrogen (secondary N) is 2. The molecule has 0 unspecified atom stereocenters. The minimum atomic E-state index is -0.678. The van der Waals surface area contributed by atoms with Crippen molar-refractivity contribution in [3.05, 3.63) is 29.3 Å². The fraction of sp³-hybridized carbons (Fsp3) is 0.385. The number of fused-ring (bicyclic) bond motifs is 1. The average molecular weight is 278 g/mol. The normalized spacial score (nSPS) is 25.9. The highest BCUT2D eigenvalue weighted by Gasteiger charge is 2.27. The first-order valence-electron chi connectivity index (χ1n) is 6.25. The second-order valence-electron chi connectivity index (χ2n) is 4.81. The number of hydrogen-bond acceptors (Lipinski definition) is 4. The van der Waals surface area contributed by atoms with Gasteiger partial charge in [0.25, 0.3) is 11.8 Å². The highest BCUT2D eigenvalue weighted by Crippen LogP contribution is 2.22. The molecule has 0 atom stereocenters. The topological polar surface area (TPSA) is 75.3 Å². The van der Waals surface area contributed by atoms with Crippen molar-refractivity contribution in [3.63, 3.8) is 0 Å². The van der Waals surface area contributed by atoms with Crippen molar-refractivity contribution < 1.29 is 13.8 Å². The van der Waals surface area contributed by atoms with Crippen molar-refractivity contribution >= 4 is 28.3 Å². The molecule has 1 saturated heterocycles. The predicted molar refractivity (Wildman–Crippen MR) is 72.8 cm³/mol. The predicted octanol–water partition coefficient (Wildman–Crippen LogP) is 0.893. The zero-order chi connectivity index (χ0) is 13.4. The molecule has 1 aromatic rings. The van der Waals surface area contributed by atoms with Gasteiger partial charge in [0.05, 0.1) is 11.1 Å². The molecule has 6 heteroatoms. The van der Waals surface area contributed by atoms with Crippen LogP contribution in [0.25, 0.3) is 0 Å². The lowest BCUT2D eigenvalue weighted by Gasteiger charge is -2.23. The molecule has 2 aliphatic rings. The Bertz CT molecular complexity index is 575. The maximum absolute atomic E-state index is 11.6. The van der Waals surface area contributed by atoms with Crippen LogP contribution in [0.4, 0.5) is 5.69 Å². The molecule has 5 nitrogen and oxygen atoms in total. The molecule has 1 fully saturated rings. The largest absolute Gasteiger partial charge is 0.382 e. The minimum absolute atomic E-state index is 0.288. The van der Waals surface area contributed by atoms with Gasteiger partial charge in [-0.3, -0.25) is 19.1 Å². The molecule has 3 rings (SSSR count). The standard InChI is InChI=1S/C13H14N2O3S/c16-12-10-2-1-9(7-11(10)13(17)15-12)14-8-3-5-19(18)6-4-8/h1-2,7-8,14H,3-6H2,(H,15,16,17). The Morgan fingerprint density at radius 3 is 2.53 bits per heavy atom. The van der Waals surface area contributed by atoms with E-state index in [1.807, 2.05) is 6.07 Å². The van der Waals surface area contributed by atoms with Gasteiger partial charge in [0, 0.05) is 34.0 Å². The molecule has 1 aromatic carbocycles. The van der Waals surface area contributed by atoms with Gasteiger partial charge in [0.2, 0.25) is 0 Å². The smallest absolute Gasteiger partial charge is 0.259 e. The van der Waals surface area contributed by atoms with E-state index in [0.29, 0.717) is 11.1 Å². The first-order valence-corrected chi connectivity index (χ1v) is 7.73. The Morgan fingerprint density at radius 1 is 1.11 bits per heavy atom. The van der Waals surface area contributed by atoms with E-state index in [0.717, 1.165) is 30.0 Å². The third-order valence-corrected chi connectivity index (χ3v) is 4.88. The van der Waals surface area contributed by atoms with Crippen LogP contribution >= 0.6 is 0 Å². The van der Waals surface area contributed by atoms with Crippen molar-refractivity contribution in [3.8, 4) is 0 Å². The van der Waals surface area contributed by atoms with E-state index in [-0.39, 0.29) is 17.9 Å². The van der Waals surface area contributed by atoms with Gasteiger partial charge < -0.3 is 5.32 Å². The van der Waals surface area contributed by atoms with Gasteiger partial charge in [0.1, 0.15) is 0 Å². The molecule has 0 bridgehead atoms. The summed E-state index contributed by atoms with van der Waals surface area (Å²) < 4.78 is 11.3. The van der Waals surface area contributed by atoms with Gasteiger partial charge in [-0.15, -0.1) is 0 Å². The number of rotatable bonds is 2. The van der Waals surface area contributed by atoms with Crippen LogP contribution in [0, 0.1) is 0 Å². The zero-order valence-electron chi connectivity index (χ0n) is 10.3. The van der Waals surface area contributed by atoms with Crippen molar-refractivity contribution in [2.75, 3.05) is 16.8 Å². The number of benzene rings is 1. The summed E-state index contributed by atoms with van der Waals surface area (Å²) in [5.74, 6) is 0.774. The molecule has 2 N–H and O–H groups in total. The van der Waals surface area contributed by atoms with Crippen molar-refractivity contribution in [1.82, 2.24) is 5.32 Å². The molecule has 0 radical (unpaired) electrons. The van der Waals surface area contributed by atoms with Crippen molar-refractivity contribution in [1.29, 1.82) is 0 Å². The Balaban J connectivity index is 1.76. The monoisotopic (exact) mass is 278 g/mol. The third kappa shape index (κ3) is 2.40. The second-order valence-corrected chi connectivity index (χ2v) is 6.51. The number of carbonyl (C=O) groups is 2. The van der Waals surface area contributed by atoms with E-state index < -0.39 is 10.8 Å². The molecular weight excluding hydrogens is 264 g/mol. The Labute approximate surface area is 113 Å². The molecule has 0 saturated carbocycles. The van der Waals surface area contributed by atoms with E-state index >= 15 is 0 Å². The summed E-state index contributed by atoms with van der Waals surface area (Å²) in [6.07, 6.45) is 1.74. The lowest BCUT2D eigenvalue weighted by atomic mass is 10.1. The highest BCUT2D eigenvalue weighted by molar-refractivity contribution is 7.85. The number of carbonyl (C=O) groups excluding carboxylic acids is 2. The highest BCUT2D eigenvalue weighted by atomic mass is 32.2.